The lowest BCUT2D eigenvalue weighted by Crippen LogP contribution is -2.29. The van der Waals surface area contributed by atoms with Gasteiger partial charge in [0.05, 0.1) is 11.6 Å². The zero-order chi connectivity index (χ0) is 20.5. The Morgan fingerprint density at radius 2 is 1.67 bits per heavy atom. The fraction of sp³-hybridized carbons (Fsp3) is 0.0800. The Morgan fingerprint density at radius 3 is 2.53 bits per heavy atom. The van der Waals surface area contributed by atoms with Crippen LogP contribution in [0.4, 0.5) is 0 Å². The van der Waals surface area contributed by atoms with E-state index in [2.05, 4.69) is 5.32 Å². The quantitative estimate of drug-likeness (QED) is 0.519. The summed E-state index contributed by atoms with van der Waals surface area (Å²) in [6, 6.07) is 25.6. The Kier molecular flexibility index (Phi) is 4.48. The largest absolute Gasteiger partial charge is 0.508 e. The van der Waals surface area contributed by atoms with Crippen LogP contribution in [0.3, 0.4) is 0 Å². The zero-order valence-electron chi connectivity index (χ0n) is 16.0. The molecule has 1 aliphatic rings. The summed E-state index contributed by atoms with van der Waals surface area (Å²) in [5.41, 5.74) is 1.91. The van der Waals surface area contributed by atoms with Crippen molar-refractivity contribution in [2.24, 2.45) is 0 Å². The normalized spacial score (nSPS) is 13.2. The van der Waals surface area contributed by atoms with Crippen molar-refractivity contribution in [1.82, 2.24) is 5.32 Å². The van der Waals surface area contributed by atoms with Gasteiger partial charge < -0.3 is 19.9 Å². The molecule has 1 amide bonds. The molecule has 4 aromatic carbocycles. The van der Waals surface area contributed by atoms with E-state index < -0.39 is 6.04 Å². The molecule has 5 rings (SSSR count). The van der Waals surface area contributed by atoms with Crippen molar-refractivity contribution in [2.75, 3.05) is 6.79 Å². The summed E-state index contributed by atoms with van der Waals surface area (Å²) >= 11 is 0. The number of nitrogens with one attached hydrogen (secondary N) is 1. The average Bonchev–Trinajstić information content (AvgIpc) is 3.27. The van der Waals surface area contributed by atoms with Crippen LogP contribution in [0.25, 0.3) is 10.8 Å². The number of aromatic hydroxyl groups is 1. The molecule has 0 radical (unpaired) electrons. The van der Waals surface area contributed by atoms with Crippen molar-refractivity contribution in [3.63, 3.8) is 0 Å². The first kappa shape index (κ1) is 18.1. The molecular formula is C25H19NO4. The summed E-state index contributed by atoms with van der Waals surface area (Å²) in [4.78, 5) is 13.3. The highest BCUT2D eigenvalue weighted by Gasteiger charge is 2.27. The van der Waals surface area contributed by atoms with Crippen molar-refractivity contribution in [1.29, 1.82) is 0 Å². The van der Waals surface area contributed by atoms with Gasteiger partial charge >= 0.3 is 0 Å². The fourth-order valence-corrected chi connectivity index (χ4v) is 3.87. The lowest BCUT2D eigenvalue weighted by atomic mass is 9.92. The molecule has 1 heterocycles. The van der Waals surface area contributed by atoms with Crippen LogP contribution in [-0.2, 0) is 0 Å². The molecule has 0 saturated carbocycles. The lowest BCUT2D eigenvalue weighted by molar-refractivity contribution is 0.0938. The highest BCUT2D eigenvalue weighted by molar-refractivity contribution is 5.99. The third kappa shape index (κ3) is 3.10. The van der Waals surface area contributed by atoms with Gasteiger partial charge in [-0.2, -0.15) is 0 Å². The van der Waals surface area contributed by atoms with E-state index in [4.69, 9.17) is 9.47 Å². The van der Waals surface area contributed by atoms with Crippen LogP contribution in [0, 0.1) is 0 Å². The van der Waals surface area contributed by atoms with Crippen molar-refractivity contribution >= 4 is 16.7 Å². The number of benzene rings is 4. The molecule has 2 N–H and O–H groups in total. The first-order chi connectivity index (χ1) is 14.7. The van der Waals surface area contributed by atoms with Gasteiger partial charge in [-0.05, 0) is 34.5 Å². The van der Waals surface area contributed by atoms with Gasteiger partial charge in [-0.25, -0.2) is 0 Å². The van der Waals surface area contributed by atoms with E-state index in [1.165, 1.54) is 0 Å². The van der Waals surface area contributed by atoms with Crippen LogP contribution in [0.15, 0.2) is 84.9 Å². The number of carbonyl (C=O) groups is 1. The van der Waals surface area contributed by atoms with Gasteiger partial charge in [0.1, 0.15) is 5.75 Å². The average molecular weight is 397 g/mol. The van der Waals surface area contributed by atoms with Gasteiger partial charge in [0.15, 0.2) is 11.5 Å². The van der Waals surface area contributed by atoms with Crippen LogP contribution in [0.5, 0.6) is 17.2 Å². The Morgan fingerprint density at radius 1 is 0.867 bits per heavy atom. The van der Waals surface area contributed by atoms with E-state index >= 15 is 0 Å². The Balaban J connectivity index is 1.63. The lowest BCUT2D eigenvalue weighted by Gasteiger charge is -2.23. The van der Waals surface area contributed by atoms with Crippen molar-refractivity contribution < 1.29 is 19.4 Å². The predicted molar refractivity (Wildman–Crippen MR) is 114 cm³/mol. The molecule has 0 aliphatic carbocycles. The van der Waals surface area contributed by atoms with E-state index in [1.807, 2.05) is 60.7 Å². The maximum Gasteiger partial charge on any atom is 0.255 e. The molecule has 0 aromatic heterocycles. The van der Waals surface area contributed by atoms with Gasteiger partial charge in [0, 0.05) is 5.56 Å². The molecule has 30 heavy (non-hydrogen) atoms. The standard InChI is InChI=1S/C25H19NO4/c27-20-14-13-16-7-4-5-10-18(16)22(20)23(17-8-2-1-3-9-17)26-25(28)19-11-6-12-21-24(19)30-15-29-21/h1-14,23,27H,15H2,(H,26,28). The number of rotatable bonds is 4. The Bertz CT molecular complexity index is 1240. The van der Waals surface area contributed by atoms with Crippen molar-refractivity contribution in [2.45, 2.75) is 6.04 Å². The molecular weight excluding hydrogens is 378 g/mol. The number of amides is 1. The number of phenolic OH excluding ortho intramolecular Hbond substituents is 1. The van der Waals surface area contributed by atoms with Gasteiger partial charge in [-0.1, -0.05) is 66.7 Å². The third-order valence-corrected chi connectivity index (χ3v) is 5.29. The summed E-state index contributed by atoms with van der Waals surface area (Å²) in [5, 5.41) is 15.7. The maximum atomic E-state index is 13.3. The third-order valence-electron chi connectivity index (χ3n) is 5.29. The molecule has 148 valence electrons. The molecule has 1 aliphatic heterocycles. The number of fused-ring (bicyclic) bond motifs is 2. The first-order valence-corrected chi connectivity index (χ1v) is 9.67. The Hall–Kier alpha value is -3.99. The minimum absolute atomic E-state index is 0.0891. The number of ether oxygens (including phenoxy) is 2. The SMILES string of the molecule is O=C(NC(c1ccccc1)c1c(O)ccc2ccccc12)c1cccc2c1OCO2. The molecule has 0 spiro atoms. The van der Waals surface area contributed by atoms with Crippen LogP contribution < -0.4 is 14.8 Å². The second-order valence-electron chi connectivity index (χ2n) is 7.08. The number of hydrogen-bond acceptors (Lipinski definition) is 4. The van der Waals surface area contributed by atoms with Gasteiger partial charge in [-0.15, -0.1) is 0 Å². The Labute approximate surface area is 173 Å². The number of para-hydroxylation sites is 1. The zero-order valence-corrected chi connectivity index (χ0v) is 16.0. The molecule has 4 aromatic rings. The number of carbonyl (C=O) groups excluding carboxylic acids is 1. The minimum atomic E-state index is -0.553. The topological polar surface area (TPSA) is 67.8 Å². The minimum Gasteiger partial charge on any atom is -0.508 e. The van der Waals surface area contributed by atoms with Gasteiger partial charge in [0.25, 0.3) is 5.91 Å². The van der Waals surface area contributed by atoms with E-state index in [9.17, 15) is 9.90 Å². The van der Waals surface area contributed by atoms with Gasteiger partial charge in [0.2, 0.25) is 6.79 Å². The van der Waals surface area contributed by atoms with E-state index in [1.54, 1.807) is 24.3 Å². The molecule has 0 bridgehead atoms. The molecule has 0 saturated heterocycles. The van der Waals surface area contributed by atoms with Crippen LogP contribution in [-0.4, -0.2) is 17.8 Å². The van der Waals surface area contributed by atoms with E-state index in [0.717, 1.165) is 16.3 Å². The van der Waals surface area contributed by atoms with Gasteiger partial charge in [-0.3, -0.25) is 4.79 Å². The fourth-order valence-electron chi connectivity index (χ4n) is 3.87. The molecule has 1 atom stereocenters. The van der Waals surface area contributed by atoms with Crippen LogP contribution in [0.2, 0.25) is 0 Å². The number of phenols is 1. The summed E-state index contributed by atoms with van der Waals surface area (Å²) in [6.07, 6.45) is 0. The number of hydrogen-bond donors (Lipinski definition) is 2. The highest BCUT2D eigenvalue weighted by atomic mass is 16.7. The second-order valence-corrected chi connectivity index (χ2v) is 7.08. The van der Waals surface area contributed by atoms with E-state index in [0.29, 0.717) is 22.6 Å². The summed E-state index contributed by atoms with van der Waals surface area (Å²) in [5.74, 6) is 0.801. The molecule has 5 heteroatoms. The molecule has 1 unspecified atom stereocenters. The van der Waals surface area contributed by atoms with E-state index in [-0.39, 0.29) is 18.4 Å². The summed E-state index contributed by atoms with van der Waals surface area (Å²) in [7, 11) is 0. The van der Waals surface area contributed by atoms with Crippen molar-refractivity contribution in [3.05, 3.63) is 102 Å². The van der Waals surface area contributed by atoms with Crippen molar-refractivity contribution in [3.8, 4) is 17.2 Å². The smallest absolute Gasteiger partial charge is 0.255 e. The predicted octanol–water partition coefficient (Wildman–Crippen LogP) is 4.79. The monoisotopic (exact) mass is 397 g/mol. The van der Waals surface area contributed by atoms with Crippen LogP contribution >= 0.6 is 0 Å². The molecule has 5 nitrogen and oxygen atoms in total. The summed E-state index contributed by atoms with van der Waals surface area (Å²) < 4.78 is 10.9. The second kappa shape index (κ2) is 7.44. The first-order valence-electron chi connectivity index (χ1n) is 9.67. The maximum absolute atomic E-state index is 13.3. The summed E-state index contributed by atoms with van der Waals surface area (Å²) in [6.45, 7) is 0.0891. The van der Waals surface area contributed by atoms with Crippen LogP contribution in [0.1, 0.15) is 27.5 Å². The highest BCUT2D eigenvalue weighted by Crippen LogP contribution is 2.38. The molecule has 0 fully saturated rings.